The van der Waals surface area contributed by atoms with Gasteiger partial charge in [-0.3, -0.25) is 4.99 Å². The van der Waals surface area contributed by atoms with E-state index >= 15 is 0 Å². The van der Waals surface area contributed by atoms with Gasteiger partial charge in [0.2, 0.25) is 0 Å². The van der Waals surface area contributed by atoms with Crippen LogP contribution in [0.3, 0.4) is 0 Å². The summed E-state index contributed by atoms with van der Waals surface area (Å²) < 4.78 is 33.4. The number of pyridine rings is 1. The maximum absolute atomic E-state index is 9.77. The van der Waals surface area contributed by atoms with Gasteiger partial charge in [0.1, 0.15) is 22.9 Å². The van der Waals surface area contributed by atoms with Crippen molar-refractivity contribution in [3.63, 3.8) is 0 Å². The fourth-order valence-electron chi connectivity index (χ4n) is 9.01. The summed E-state index contributed by atoms with van der Waals surface area (Å²) in [6.07, 6.45) is 0.0214. The van der Waals surface area contributed by atoms with Crippen LogP contribution in [0, 0.1) is 38.3 Å². The summed E-state index contributed by atoms with van der Waals surface area (Å²) in [5.74, 6) is 2.29. The molecule has 5 aromatic rings. The Morgan fingerprint density at radius 3 is 2.10 bits per heavy atom. The van der Waals surface area contributed by atoms with Gasteiger partial charge in [-0.1, -0.05) is 137 Å². The van der Waals surface area contributed by atoms with Crippen molar-refractivity contribution in [2.45, 2.75) is 138 Å². The molecule has 5 nitrogen and oxygen atoms in total. The summed E-state index contributed by atoms with van der Waals surface area (Å²) in [5.41, 5.74) is 8.38. The third-order valence-corrected chi connectivity index (χ3v) is 12.6. The molecule has 0 saturated carbocycles. The monoisotopic (exact) mass is 954 g/mol. The van der Waals surface area contributed by atoms with Crippen LogP contribution in [0.4, 0.5) is 17.2 Å². The van der Waals surface area contributed by atoms with Gasteiger partial charge in [0, 0.05) is 48.9 Å². The van der Waals surface area contributed by atoms with E-state index in [2.05, 4.69) is 150 Å². The van der Waals surface area contributed by atoms with E-state index in [1.807, 2.05) is 44.3 Å². The molecule has 304 valence electrons. The van der Waals surface area contributed by atoms with Gasteiger partial charge >= 0.3 is 21.1 Å². The van der Waals surface area contributed by atoms with Crippen LogP contribution in [0.1, 0.15) is 141 Å². The number of rotatable bonds is 4. The minimum absolute atomic E-state index is 0. The van der Waals surface area contributed by atoms with Crippen LogP contribution in [0.15, 0.2) is 77.9 Å². The normalized spacial score (nSPS) is 22.0. The van der Waals surface area contributed by atoms with Crippen molar-refractivity contribution < 1.29 is 33.3 Å². The molecule has 2 aliphatic heterocycles. The van der Waals surface area contributed by atoms with E-state index in [1.165, 1.54) is 11.1 Å². The zero-order valence-electron chi connectivity index (χ0n) is 38.9. The maximum Gasteiger partial charge on any atom is 2.00 e. The second kappa shape index (κ2) is 13.7. The molecule has 0 spiro atoms. The van der Waals surface area contributed by atoms with Crippen LogP contribution >= 0.6 is 0 Å². The average Bonchev–Trinajstić information content (AvgIpc) is 3.53. The molecule has 3 heterocycles. The molecule has 3 aliphatic rings. The SMILES string of the molecule is [2H]C1([2H])c2cc(C)c(C)cc2[C@@]2(C)N=C(c3[c-]c(Oc4[c-]c(N5c6ccc(C(C)(C)C)cc6C(C)(C)c6cccnc65)cc(C)c4)cc(C(C)(C)C)c3)O[C@@]12C(C)(C)C.[Pt+2]. The van der Waals surface area contributed by atoms with E-state index < -0.39 is 22.9 Å². The molecule has 6 heteroatoms. The molecule has 58 heavy (non-hydrogen) atoms. The number of hydrogen-bond donors (Lipinski definition) is 0. The Bertz CT molecular complexity index is 2590. The van der Waals surface area contributed by atoms with Crippen LogP contribution in [-0.2, 0) is 54.0 Å². The summed E-state index contributed by atoms with van der Waals surface area (Å²) in [4.78, 5) is 12.6. The van der Waals surface area contributed by atoms with Crippen molar-refractivity contribution in [1.29, 1.82) is 0 Å². The molecule has 0 saturated heterocycles. The van der Waals surface area contributed by atoms with Gasteiger partial charge in [-0.05, 0) is 77.1 Å². The van der Waals surface area contributed by atoms with Gasteiger partial charge in [-0.25, -0.2) is 4.98 Å². The largest absolute Gasteiger partial charge is 2.00 e. The van der Waals surface area contributed by atoms with Gasteiger partial charge in [0.05, 0.1) is 0 Å². The molecule has 1 aliphatic carbocycles. The summed E-state index contributed by atoms with van der Waals surface area (Å²) in [6.45, 7) is 32.2. The van der Waals surface area contributed by atoms with Crippen LogP contribution in [0.25, 0.3) is 0 Å². The number of ether oxygens (including phenoxy) is 2. The van der Waals surface area contributed by atoms with Crippen molar-refractivity contribution in [2.75, 3.05) is 4.90 Å². The van der Waals surface area contributed by atoms with Gasteiger partial charge in [0.15, 0.2) is 0 Å². The van der Waals surface area contributed by atoms with Crippen LogP contribution in [0.5, 0.6) is 11.5 Å². The molecule has 2 atom stereocenters. The third kappa shape index (κ3) is 6.55. The molecular formula is C52H59N3O2Pt. The molecule has 4 aromatic carbocycles. The number of fused-ring (bicyclic) bond motifs is 5. The quantitative estimate of drug-likeness (QED) is 0.168. The molecule has 0 fully saturated rings. The Hall–Kier alpha value is -4.21. The van der Waals surface area contributed by atoms with Crippen molar-refractivity contribution in [2.24, 2.45) is 10.4 Å². The number of hydrogen-bond acceptors (Lipinski definition) is 5. The molecule has 0 amide bonds. The zero-order valence-corrected chi connectivity index (χ0v) is 39.2. The van der Waals surface area contributed by atoms with E-state index in [0.717, 1.165) is 50.6 Å². The Balaban J connectivity index is 0.00000544. The topological polar surface area (TPSA) is 47.0 Å². The number of anilines is 3. The van der Waals surface area contributed by atoms with E-state index in [4.69, 9.17) is 19.5 Å². The molecule has 0 unspecified atom stereocenters. The molecule has 0 N–H and O–H groups in total. The van der Waals surface area contributed by atoms with Gasteiger partial charge in [0.25, 0.3) is 0 Å². The summed E-state index contributed by atoms with van der Waals surface area (Å²) >= 11 is 0. The fraction of sp³-hybridized carbons (Fsp3) is 0.423. The first-order valence-electron chi connectivity index (χ1n) is 21.3. The van der Waals surface area contributed by atoms with Crippen LogP contribution in [0.2, 0.25) is 0 Å². The van der Waals surface area contributed by atoms with Crippen molar-refractivity contribution in [1.82, 2.24) is 4.98 Å². The second-order valence-corrected chi connectivity index (χ2v) is 20.4. The molecular weight excluding hydrogens is 894 g/mol. The van der Waals surface area contributed by atoms with Crippen molar-refractivity contribution in [3.8, 4) is 11.5 Å². The summed E-state index contributed by atoms with van der Waals surface area (Å²) in [5, 5.41) is 0. The number of benzene rings is 4. The summed E-state index contributed by atoms with van der Waals surface area (Å²) in [6, 6.07) is 30.5. The molecule has 0 bridgehead atoms. The van der Waals surface area contributed by atoms with Gasteiger partial charge < -0.3 is 14.4 Å². The van der Waals surface area contributed by atoms with Gasteiger partial charge in [-0.15, -0.1) is 29.8 Å². The van der Waals surface area contributed by atoms with E-state index in [-0.39, 0.29) is 37.3 Å². The Morgan fingerprint density at radius 2 is 1.43 bits per heavy atom. The summed E-state index contributed by atoms with van der Waals surface area (Å²) in [7, 11) is 0. The smallest absolute Gasteiger partial charge is 0.510 e. The maximum atomic E-state index is 9.77. The Morgan fingerprint density at radius 1 is 0.759 bits per heavy atom. The fourth-order valence-corrected chi connectivity index (χ4v) is 9.01. The number of aryl methyl sites for hydroxylation is 3. The molecule has 1 aromatic heterocycles. The first-order chi connectivity index (χ1) is 27.2. The first-order valence-corrected chi connectivity index (χ1v) is 20.3. The van der Waals surface area contributed by atoms with Crippen LogP contribution < -0.4 is 9.64 Å². The predicted octanol–water partition coefficient (Wildman–Crippen LogP) is 13.1. The average molecular weight is 955 g/mol. The van der Waals surface area contributed by atoms with Crippen molar-refractivity contribution >= 4 is 23.1 Å². The zero-order chi connectivity index (χ0) is 43.0. The third-order valence-electron chi connectivity index (χ3n) is 12.6. The van der Waals surface area contributed by atoms with E-state index in [0.29, 0.717) is 28.5 Å². The molecule has 8 rings (SSSR count). The Labute approximate surface area is 364 Å². The predicted molar refractivity (Wildman–Crippen MR) is 234 cm³/mol. The van der Waals surface area contributed by atoms with E-state index in [1.54, 1.807) is 0 Å². The minimum atomic E-state index is -1.84. The number of aliphatic imine (C=N–C) groups is 1. The second-order valence-electron chi connectivity index (χ2n) is 20.4. The number of nitrogens with zero attached hydrogens (tertiary/aromatic N) is 3. The Kier molecular flexibility index (Phi) is 9.25. The minimum Gasteiger partial charge on any atom is -0.510 e. The van der Waals surface area contributed by atoms with E-state index in [9.17, 15) is 2.74 Å². The van der Waals surface area contributed by atoms with Crippen LogP contribution in [-0.4, -0.2) is 16.5 Å². The van der Waals surface area contributed by atoms with Crippen molar-refractivity contribution in [3.05, 3.63) is 141 Å². The van der Waals surface area contributed by atoms with Gasteiger partial charge in [-0.2, -0.15) is 5.56 Å². The molecule has 0 radical (unpaired) electrons. The standard InChI is InChI=1S/C52H59N3O2.Pt/c1-31-21-38(55-44-19-18-36(47(4,5)6)28-43(44)50(13,14)41-17-16-20-53-45(41)55)29-39(22-31)56-40-26-34(25-37(27-40)48(7,8)9)46-54-51(15)42-24-33(3)32(2)23-35(42)30-52(51,57-46)49(10,11)12;/h16-25,27-28H,30H2,1-15H3;/q-2;+2/t51-,52-;/m1./s1/i30D2;. The number of aromatic nitrogens is 1. The first kappa shape index (κ1) is 39.3.